The molecule has 4 aliphatic heterocycles. The Labute approximate surface area is 207 Å². The molecule has 4 atom stereocenters. The zero-order chi connectivity index (χ0) is 25.7. The number of nitro benzene ring substituents is 1. The molecule has 3 saturated heterocycles. The van der Waals surface area contributed by atoms with Crippen LogP contribution in [0, 0.1) is 42.7 Å². The average Bonchev–Trinajstić information content (AvgIpc) is 3.55. The van der Waals surface area contributed by atoms with E-state index in [1.807, 2.05) is 26.0 Å². The van der Waals surface area contributed by atoms with Crippen molar-refractivity contribution in [3.63, 3.8) is 0 Å². The van der Waals surface area contributed by atoms with Crippen molar-refractivity contribution in [3.05, 3.63) is 56.6 Å². The van der Waals surface area contributed by atoms with Gasteiger partial charge in [0.1, 0.15) is 5.54 Å². The molecule has 10 nitrogen and oxygen atoms in total. The highest BCUT2D eigenvalue weighted by molar-refractivity contribution is 6.26. The molecule has 4 aliphatic rings. The van der Waals surface area contributed by atoms with Gasteiger partial charge in [-0.05, 0) is 56.8 Å². The van der Waals surface area contributed by atoms with Gasteiger partial charge in [-0.3, -0.25) is 29.4 Å². The van der Waals surface area contributed by atoms with Crippen LogP contribution in [0.4, 0.5) is 17.1 Å². The van der Waals surface area contributed by atoms with Crippen LogP contribution in [0.5, 0.6) is 5.75 Å². The zero-order valence-electron chi connectivity index (χ0n) is 20.5. The van der Waals surface area contributed by atoms with E-state index in [9.17, 15) is 24.5 Å². The predicted octanol–water partition coefficient (Wildman–Crippen LogP) is 2.96. The maximum Gasteiger partial charge on any atom is 0.311 e. The van der Waals surface area contributed by atoms with E-state index in [1.165, 1.54) is 19.2 Å². The molecule has 0 bridgehead atoms. The van der Waals surface area contributed by atoms with Gasteiger partial charge in [-0.25, -0.2) is 4.90 Å². The lowest BCUT2D eigenvalue weighted by Crippen LogP contribution is -2.54. The molecule has 186 valence electrons. The number of carbonyl (C=O) groups is 3. The fraction of sp³-hybridized carbons (Fsp3) is 0.423. The molecule has 3 amide bonds. The van der Waals surface area contributed by atoms with Crippen LogP contribution in [0.3, 0.4) is 0 Å². The first-order chi connectivity index (χ1) is 17.1. The molecule has 36 heavy (non-hydrogen) atoms. The zero-order valence-corrected chi connectivity index (χ0v) is 20.5. The molecule has 2 aromatic carbocycles. The maximum atomic E-state index is 14.2. The molecule has 0 aliphatic carbocycles. The highest BCUT2D eigenvalue weighted by Gasteiger charge is 2.74. The van der Waals surface area contributed by atoms with E-state index in [-0.39, 0.29) is 35.0 Å². The Morgan fingerprint density at radius 1 is 1.11 bits per heavy atom. The number of fused-ring (bicyclic) bond motifs is 7. The molecule has 1 N–H and O–H groups in total. The molecular formula is C26H26N4O6. The van der Waals surface area contributed by atoms with Gasteiger partial charge in [-0.1, -0.05) is 12.1 Å². The highest BCUT2D eigenvalue weighted by atomic mass is 16.6. The molecule has 6 rings (SSSR count). The van der Waals surface area contributed by atoms with Crippen molar-refractivity contribution >= 4 is 34.8 Å². The number of anilines is 2. The number of nitro groups is 1. The summed E-state index contributed by atoms with van der Waals surface area (Å²) in [5.74, 6) is -2.71. The Hall–Kier alpha value is -3.79. The second-order valence-electron chi connectivity index (χ2n) is 10.1. The number of amides is 3. The third kappa shape index (κ3) is 2.52. The lowest BCUT2D eigenvalue weighted by atomic mass is 9.75. The molecule has 0 aromatic heterocycles. The van der Waals surface area contributed by atoms with Crippen LogP contribution in [0.15, 0.2) is 24.3 Å². The molecule has 3 fully saturated rings. The monoisotopic (exact) mass is 490 g/mol. The van der Waals surface area contributed by atoms with E-state index in [4.69, 9.17) is 4.74 Å². The van der Waals surface area contributed by atoms with E-state index in [0.717, 1.165) is 33.7 Å². The highest BCUT2D eigenvalue weighted by Crippen LogP contribution is 2.61. The van der Waals surface area contributed by atoms with E-state index >= 15 is 0 Å². The summed E-state index contributed by atoms with van der Waals surface area (Å²) in [4.78, 5) is 56.1. The summed E-state index contributed by atoms with van der Waals surface area (Å²) in [6.45, 7) is 6.17. The SMILES string of the molecule is COc1cc(N2C(=O)[C@@H]3[C@H]4CCCN4[C@@]4(C(=O)Nc5c4ccc(C)c5C)[C@H]3C2=O)c(C)cc1[N+](=O)[O-]. The van der Waals surface area contributed by atoms with Gasteiger partial charge in [0.05, 0.1) is 29.6 Å². The summed E-state index contributed by atoms with van der Waals surface area (Å²) >= 11 is 0. The van der Waals surface area contributed by atoms with Gasteiger partial charge in [0.2, 0.25) is 17.7 Å². The largest absolute Gasteiger partial charge is 0.490 e. The summed E-state index contributed by atoms with van der Waals surface area (Å²) < 4.78 is 5.21. The first kappa shape index (κ1) is 22.7. The fourth-order valence-corrected chi connectivity index (χ4v) is 6.97. The summed E-state index contributed by atoms with van der Waals surface area (Å²) in [5, 5.41) is 14.5. The number of rotatable bonds is 3. The Morgan fingerprint density at radius 2 is 1.86 bits per heavy atom. The van der Waals surface area contributed by atoms with E-state index < -0.39 is 28.2 Å². The van der Waals surface area contributed by atoms with Crippen molar-refractivity contribution in [2.75, 3.05) is 23.9 Å². The van der Waals surface area contributed by atoms with Gasteiger partial charge in [-0.15, -0.1) is 0 Å². The maximum absolute atomic E-state index is 14.2. The van der Waals surface area contributed by atoms with Crippen molar-refractivity contribution in [1.29, 1.82) is 0 Å². The Kier molecular flexibility index (Phi) is 4.63. The predicted molar refractivity (Wildman–Crippen MR) is 130 cm³/mol. The number of nitrogens with zero attached hydrogens (tertiary/aromatic N) is 3. The van der Waals surface area contributed by atoms with Crippen LogP contribution < -0.4 is 15.0 Å². The lowest BCUT2D eigenvalue weighted by Gasteiger charge is -2.36. The number of hydrogen-bond donors (Lipinski definition) is 1. The van der Waals surface area contributed by atoms with E-state index in [1.54, 1.807) is 6.92 Å². The van der Waals surface area contributed by atoms with Crippen molar-refractivity contribution in [2.24, 2.45) is 11.8 Å². The van der Waals surface area contributed by atoms with Crippen molar-refractivity contribution in [3.8, 4) is 5.75 Å². The second-order valence-corrected chi connectivity index (χ2v) is 10.1. The standard InChI is InChI=1S/C26H26N4O6/c1-12-7-8-15-22(14(12)3)27-25(33)26(15)21-20(16-6-5-9-28(16)26)23(31)29(24(21)32)17-11-19(36-4)18(30(34)35)10-13(17)2/h7-8,10-11,16,20-21H,5-6,9H2,1-4H3,(H,27,33)/t16-,20-,21-,26-/m1/s1. The second kappa shape index (κ2) is 7.36. The number of hydrogen-bond acceptors (Lipinski definition) is 7. The molecular weight excluding hydrogens is 464 g/mol. The van der Waals surface area contributed by atoms with Gasteiger partial charge in [0.15, 0.2) is 5.75 Å². The number of ether oxygens (including phenoxy) is 1. The van der Waals surface area contributed by atoms with Crippen molar-refractivity contribution in [1.82, 2.24) is 4.90 Å². The molecule has 0 radical (unpaired) electrons. The fourth-order valence-electron chi connectivity index (χ4n) is 6.97. The summed E-state index contributed by atoms with van der Waals surface area (Å²) in [7, 11) is 1.30. The minimum Gasteiger partial charge on any atom is -0.490 e. The number of imide groups is 1. The molecule has 1 spiro atoms. The Morgan fingerprint density at radius 3 is 2.56 bits per heavy atom. The lowest BCUT2D eigenvalue weighted by molar-refractivity contribution is -0.385. The number of carbonyl (C=O) groups excluding carboxylic acids is 3. The summed E-state index contributed by atoms with van der Waals surface area (Å²) in [5.41, 5.74) is 2.59. The molecule has 0 unspecified atom stereocenters. The van der Waals surface area contributed by atoms with Crippen LogP contribution in [0.2, 0.25) is 0 Å². The minimum absolute atomic E-state index is 0.0366. The number of aryl methyl sites for hydroxylation is 2. The normalized spacial score (nSPS) is 28.5. The third-order valence-electron chi connectivity index (χ3n) is 8.63. The van der Waals surface area contributed by atoms with Gasteiger partial charge in [0.25, 0.3) is 0 Å². The Balaban J connectivity index is 1.54. The van der Waals surface area contributed by atoms with Crippen LogP contribution >= 0.6 is 0 Å². The number of methoxy groups -OCH3 is 1. The van der Waals surface area contributed by atoms with Crippen LogP contribution in [-0.2, 0) is 19.9 Å². The van der Waals surface area contributed by atoms with E-state index in [0.29, 0.717) is 18.5 Å². The topological polar surface area (TPSA) is 122 Å². The molecule has 2 aromatic rings. The average molecular weight is 491 g/mol. The van der Waals surface area contributed by atoms with Crippen molar-refractivity contribution in [2.45, 2.75) is 45.2 Å². The number of benzene rings is 2. The van der Waals surface area contributed by atoms with Crippen LogP contribution in [0.25, 0.3) is 0 Å². The molecule has 0 saturated carbocycles. The van der Waals surface area contributed by atoms with Crippen LogP contribution in [0.1, 0.15) is 35.1 Å². The Bertz CT molecular complexity index is 1400. The summed E-state index contributed by atoms with van der Waals surface area (Å²) in [6, 6.07) is 6.31. The molecule has 10 heteroatoms. The first-order valence-electron chi connectivity index (χ1n) is 12.0. The van der Waals surface area contributed by atoms with Crippen LogP contribution in [-0.4, -0.2) is 47.2 Å². The van der Waals surface area contributed by atoms with Gasteiger partial charge in [0, 0.05) is 29.4 Å². The smallest absolute Gasteiger partial charge is 0.311 e. The minimum atomic E-state index is -1.26. The summed E-state index contributed by atoms with van der Waals surface area (Å²) in [6.07, 6.45) is 1.54. The first-order valence-corrected chi connectivity index (χ1v) is 12.0. The van der Waals surface area contributed by atoms with Gasteiger partial charge in [-0.2, -0.15) is 0 Å². The van der Waals surface area contributed by atoms with Gasteiger partial charge < -0.3 is 10.1 Å². The quantitative estimate of drug-likeness (QED) is 0.399. The molecule has 4 heterocycles. The third-order valence-corrected chi connectivity index (χ3v) is 8.63. The van der Waals surface area contributed by atoms with Gasteiger partial charge >= 0.3 is 5.69 Å². The number of nitrogens with one attached hydrogen (secondary N) is 1. The van der Waals surface area contributed by atoms with Crippen molar-refractivity contribution < 1.29 is 24.0 Å². The van der Waals surface area contributed by atoms with E-state index in [2.05, 4.69) is 10.2 Å².